The maximum Gasteiger partial charge on any atom is 0.408 e. The van der Waals surface area contributed by atoms with Crippen molar-refractivity contribution in [1.29, 1.82) is 0 Å². The van der Waals surface area contributed by atoms with Crippen LogP contribution >= 0.6 is 11.6 Å². The van der Waals surface area contributed by atoms with E-state index in [2.05, 4.69) is 16.0 Å². The van der Waals surface area contributed by atoms with Crippen LogP contribution in [0, 0.1) is 11.8 Å². The molecule has 0 aliphatic carbocycles. The number of rotatable bonds is 11. The minimum absolute atomic E-state index is 0.0625. The molecule has 0 bridgehead atoms. The van der Waals surface area contributed by atoms with Gasteiger partial charge in [0.1, 0.15) is 11.6 Å². The van der Waals surface area contributed by atoms with Crippen molar-refractivity contribution in [1.82, 2.24) is 16.0 Å². The van der Waals surface area contributed by atoms with Gasteiger partial charge in [0.25, 0.3) is 10.1 Å². The van der Waals surface area contributed by atoms with Gasteiger partial charge < -0.3 is 25.8 Å². The maximum atomic E-state index is 13.1. The lowest BCUT2D eigenvalue weighted by Gasteiger charge is -2.29. The van der Waals surface area contributed by atoms with Crippen LogP contribution in [0.25, 0.3) is 0 Å². The van der Waals surface area contributed by atoms with Gasteiger partial charge >= 0.3 is 6.09 Å². The first-order chi connectivity index (χ1) is 16.6. The number of hydrogen-bond donors (Lipinski definition) is 5. The molecule has 13 heteroatoms. The topological polar surface area (TPSA) is 171 Å². The van der Waals surface area contributed by atoms with Crippen LogP contribution < -0.4 is 16.0 Å². The molecular formula is C23H34ClN3O8S. The summed E-state index contributed by atoms with van der Waals surface area (Å²) in [5.74, 6) is -1.87. The summed E-state index contributed by atoms with van der Waals surface area (Å²) in [6.07, 6.45) is -0.582. The van der Waals surface area contributed by atoms with Gasteiger partial charge in [0, 0.05) is 17.5 Å². The highest BCUT2D eigenvalue weighted by molar-refractivity contribution is 7.86. The SMILES string of the molecule is CC(C)C[C@H](NC(=O)OC(C)(C)c1cccc(Cl)c1)C(=O)N[C@@H](C[C@@H]1CCNC1=O)C(O)S(=O)(=O)O. The molecular weight excluding hydrogens is 514 g/mol. The third-order valence-corrected chi connectivity index (χ3v) is 7.04. The predicted octanol–water partition coefficient (Wildman–Crippen LogP) is 1.93. The van der Waals surface area contributed by atoms with Crippen molar-refractivity contribution in [3.05, 3.63) is 34.9 Å². The summed E-state index contributed by atoms with van der Waals surface area (Å²) >= 11 is 6.03. The molecule has 4 atom stereocenters. The number of ether oxygens (including phenoxy) is 1. The lowest BCUT2D eigenvalue weighted by atomic mass is 9.97. The Bertz CT molecular complexity index is 1060. The minimum atomic E-state index is -4.95. The molecule has 202 valence electrons. The van der Waals surface area contributed by atoms with E-state index in [0.29, 0.717) is 23.6 Å². The highest BCUT2D eigenvalue weighted by atomic mass is 35.5. The van der Waals surface area contributed by atoms with E-state index in [1.165, 1.54) is 0 Å². The van der Waals surface area contributed by atoms with Gasteiger partial charge in [-0.05, 0) is 56.7 Å². The average Bonchev–Trinajstić information content (AvgIpc) is 3.15. The van der Waals surface area contributed by atoms with Crippen molar-refractivity contribution in [3.63, 3.8) is 0 Å². The molecule has 1 unspecified atom stereocenters. The molecule has 1 aromatic rings. The van der Waals surface area contributed by atoms with E-state index in [-0.39, 0.29) is 24.7 Å². The standard InChI is InChI=1S/C23H34ClN3O8S/c1-13(2)10-17(27-22(31)35-23(3,4)15-6-5-7-16(24)12-15)20(29)26-18(21(30)36(32,33)34)11-14-8-9-25-19(14)28/h5-7,12-14,17-18,21,30H,8-11H2,1-4H3,(H,25,28)(H,26,29)(H,27,31)(H,32,33,34)/t14-,17-,18-,21?/m0/s1. The third-order valence-electron chi connectivity index (χ3n) is 5.86. The molecule has 1 aliphatic rings. The number of alkyl carbamates (subject to hydrolysis) is 1. The van der Waals surface area contributed by atoms with Gasteiger partial charge in [0.15, 0.2) is 0 Å². The molecule has 1 heterocycles. The fourth-order valence-corrected chi connectivity index (χ4v) is 4.73. The third kappa shape index (κ3) is 8.61. The number of aliphatic hydroxyl groups excluding tert-OH is 1. The van der Waals surface area contributed by atoms with Crippen LogP contribution in [0.5, 0.6) is 0 Å². The number of amides is 3. The highest BCUT2D eigenvalue weighted by Gasteiger charge is 2.38. The predicted molar refractivity (Wildman–Crippen MR) is 133 cm³/mol. The molecule has 0 aromatic heterocycles. The number of nitrogens with one attached hydrogen (secondary N) is 3. The molecule has 3 amide bonds. The second-order valence-electron chi connectivity index (χ2n) is 9.77. The Morgan fingerprint density at radius 1 is 1.28 bits per heavy atom. The van der Waals surface area contributed by atoms with Crippen molar-refractivity contribution >= 4 is 39.6 Å². The van der Waals surface area contributed by atoms with Gasteiger partial charge in [-0.25, -0.2) is 4.79 Å². The number of halogens is 1. The van der Waals surface area contributed by atoms with E-state index >= 15 is 0 Å². The number of benzene rings is 1. The van der Waals surface area contributed by atoms with Gasteiger partial charge in [-0.3, -0.25) is 14.1 Å². The monoisotopic (exact) mass is 547 g/mol. The summed E-state index contributed by atoms with van der Waals surface area (Å²) in [6.45, 7) is 7.31. The summed E-state index contributed by atoms with van der Waals surface area (Å²) in [5, 5.41) is 18.1. The number of carbonyl (C=O) groups excluding carboxylic acids is 3. The van der Waals surface area contributed by atoms with E-state index < -0.39 is 51.2 Å². The van der Waals surface area contributed by atoms with E-state index in [4.69, 9.17) is 16.3 Å². The zero-order valence-electron chi connectivity index (χ0n) is 20.7. The lowest BCUT2D eigenvalue weighted by Crippen LogP contribution is -2.55. The van der Waals surface area contributed by atoms with Crippen LogP contribution in [-0.4, -0.2) is 60.0 Å². The van der Waals surface area contributed by atoms with E-state index in [0.717, 1.165) is 0 Å². The molecule has 1 aliphatic heterocycles. The molecule has 1 aromatic carbocycles. The number of hydrogen-bond acceptors (Lipinski definition) is 7. The van der Waals surface area contributed by atoms with Crippen LogP contribution in [0.1, 0.15) is 52.5 Å². The Balaban J connectivity index is 2.17. The summed E-state index contributed by atoms with van der Waals surface area (Å²) in [4.78, 5) is 37.8. The van der Waals surface area contributed by atoms with Crippen molar-refractivity contribution in [2.45, 2.75) is 70.1 Å². The maximum absolute atomic E-state index is 13.1. The Morgan fingerprint density at radius 2 is 1.94 bits per heavy atom. The smallest absolute Gasteiger partial charge is 0.408 e. The van der Waals surface area contributed by atoms with Crippen molar-refractivity contribution < 1.29 is 37.2 Å². The largest absolute Gasteiger partial charge is 0.439 e. The summed E-state index contributed by atoms with van der Waals surface area (Å²) in [5.41, 5.74) is -2.82. The van der Waals surface area contributed by atoms with Crippen molar-refractivity contribution in [3.8, 4) is 0 Å². The Labute approximate surface area is 216 Å². The normalized spacial score (nSPS) is 18.8. The molecule has 5 N–H and O–H groups in total. The van der Waals surface area contributed by atoms with Gasteiger partial charge in [-0.15, -0.1) is 0 Å². The Hall–Kier alpha value is -2.41. The zero-order valence-corrected chi connectivity index (χ0v) is 22.2. The van der Waals surface area contributed by atoms with Crippen LogP contribution in [0.4, 0.5) is 4.79 Å². The van der Waals surface area contributed by atoms with Gasteiger partial charge in [-0.1, -0.05) is 37.6 Å². The van der Waals surface area contributed by atoms with Crippen LogP contribution in [0.3, 0.4) is 0 Å². The quantitative estimate of drug-likeness (QED) is 0.261. The Morgan fingerprint density at radius 3 is 2.47 bits per heavy atom. The van der Waals surface area contributed by atoms with Crippen LogP contribution in [-0.2, 0) is 30.0 Å². The van der Waals surface area contributed by atoms with Gasteiger partial charge in [0.05, 0.1) is 6.04 Å². The number of carbonyl (C=O) groups is 3. The molecule has 2 rings (SSSR count). The average molecular weight is 548 g/mol. The number of aliphatic hydroxyl groups is 1. The minimum Gasteiger partial charge on any atom is -0.439 e. The second kappa shape index (κ2) is 12.2. The Kier molecular flexibility index (Phi) is 10.1. The first-order valence-corrected chi connectivity index (χ1v) is 13.5. The summed E-state index contributed by atoms with van der Waals surface area (Å²) in [7, 11) is -4.95. The van der Waals surface area contributed by atoms with Gasteiger partial charge in [-0.2, -0.15) is 8.42 Å². The van der Waals surface area contributed by atoms with Crippen molar-refractivity contribution in [2.75, 3.05) is 6.54 Å². The molecule has 1 saturated heterocycles. The molecule has 0 spiro atoms. The molecule has 11 nitrogen and oxygen atoms in total. The summed E-state index contributed by atoms with van der Waals surface area (Å²) < 4.78 is 38.1. The second-order valence-corrected chi connectivity index (χ2v) is 11.7. The highest BCUT2D eigenvalue weighted by Crippen LogP contribution is 2.27. The van der Waals surface area contributed by atoms with Crippen LogP contribution in [0.15, 0.2) is 24.3 Å². The first-order valence-electron chi connectivity index (χ1n) is 11.6. The van der Waals surface area contributed by atoms with Crippen molar-refractivity contribution in [2.24, 2.45) is 11.8 Å². The first kappa shape index (κ1) is 29.8. The fourth-order valence-electron chi connectivity index (χ4n) is 3.94. The van der Waals surface area contributed by atoms with E-state index in [1.54, 1.807) is 38.1 Å². The molecule has 0 radical (unpaired) electrons. The molecule has 1 fully saturated rings. The summed E-state index contributed by atoms with van der Waals surface area (Å²) in [6, 6.07) is 4.13. The fraction of sp³-hybridized carbons (Fsp3) is 0.609. The lowest BCUT2D eigenvalue weighted by molar-refractivity contribution is -0.126. The van der Waals surface area contributed by atoms with Crippen LogP contribution in [0.2, 0.25) is 5.02 Å². The molecule has 36 heavy (non-hydrogen) atoms. The van der Waals surface area contributed by atoms with E-state index in [1.807, 2.05) is 13.8 Å². The molecule has 0 saturated carbocycles. The van der Waals surface area contributed by atoms with E-state index in [9.17, 15) is 32.5 Å². The van der Waals surface area contributed by atoms with Gasteiger partial charge in [0.2, 0.25) is 17.3 Å². The zero-order chi connectivity index (χ0) is 27.3.